The summed E-state index contributed by atoms with van der Waals surface area (Å²) in [4.78, 5) is 0. The summed E-state index contributed by atoms with van der Waals surface area (Å²) in [5.74, 6) is 0. The number of rotatable bonds is 4. The summed E-state index contributed by atoms with van der Waals surface area (Å²) in [5.41, 5.74) is 8.34. The Balaban J connectivity index is 1.75. The average Bonchev–Trinajstić information content (AvgIpc) is 2.82. The zero-order valence-electron chi connectivity index (χ0n) is 13.0. The van der Waals surface area contributed by atoms with E-state index >= 15 is 0 Å². The fraction of sp³-hybridized carbons (Fsp3) is 0.471. The molecule has 1 saturated heterocycles. The minimum Gasteiger partial charge on any atom is -0.251 e. The van der Waals surface area contributed by atoms with Crippen LogP contribution in [-0.4, -0.2) is 27.9 Å². The van der Waals surface area contributed by atoms with Crippen LogP contribution in [0.1, 0.15) is 36.2 Å². The van der Waals surface area contributed by atoms with Gasteiger partial charge in [-0.2, -0.15) is 5.10 Å². The van der Waals surface area contributed by atoms with Crippen LogP contribution in [0, 0.1) is 13.8 Å². The molecule has 112 valence electrons. The van der Waals surface area contributed by atoms with Gasteiger partial charge in [0.25, 0.3) is 0 Å². The van der Waals surface area contributed by atoms with E-state index in [9.17, 15) is 0 Å². The van der Waals surface area contributed by atoms with Gasteiger partial charge < -0.3 is 0 Å². The lowest BCUT2D eigenvalue weighted by atomic mass is 10.1. The second-order valence-electron chi connectivity index (χ2n) is 5.78. The van der Waals surface area contributed by atoms with Crippen molar-refractivity contribution in [3.8, 4) is 5.69 Å². The van der Waals surface area contributed by atoms with Gasteiger partial charge in [-0.05, 0) is 38.8 Å². The second-order valence-corrected chi connectivity index (χ2v) is 5.78. The summed E-state index contributed by atoms with van der Waals surface area (Å²) >= 11 is 0. The predicted octanol–water partition coefficient (Wildman–Crippen LogP) is 2.98. The highest BCUT2D eigenvalue weighted by Gasteiger charge is 2.15. The van der Waals surface area contributed by atoms with Crippen molar-refractivity contribution in [1.29, 1.82) is 0 Å². The molecule has 1 fully saturated rings. The first-order valence-electron chi connectivity index (χ1n) is 7.84. The fourth-order valence-electron chi connectivity index (χ4n) is 2.99. The van der Waals surface area contributed by atoms with Crippen LogP contribution in [0.4, 0.5) is 0 Å². The molecule has 3 rings (SSSR count). The zero-order valence-corrected chi connectivity index (χ0v) is 13.0. The van der Waals surface area contributed by atoms with E-state index in [2.05, 4.69) is 48.5 Å². The zero-order chi connectivity index (χ0) is 14.7. The van der Waals surface area contributed by atoms with E-state index in [4.69, 9.17) is 5.10 Å². The molecule has 0 atom stereocenters. The lowest BCUT2D eigenvalue weighted by Crippen LogP contribution is -2.41. The quantitative estimate of drug-likeness (QED) is 0.937. The van der Waals surface area contributed by atoms with Crippen molar-refractivity contribution in [2.24, 2.45) is 0 Å². The molecule has 0 unspecified atom stereocenters. The van der Waals surface area contributed by atoms with Gasteiger partial charge >= 0.3 is 0 Å². The number of benzene rings is 1. The van der Waals surface area contributed by atoms with Crippen molar-refractivity contribution in [3.63, 3.8) is 0 Å². The van der Waals surface area contributed by atoms with Gasteiger partial charge in [-0.15, -0.1) is 0 Å². The molecule has 0 bridgehead atoms. The van der Waals surface area contributed by atoms with Crippen molar-refractivity contribution in [2.75, 3.05) is 13.1 Å². The van der Waals surface area contributed by atoms with Crippen molar-refractivity contribution >= 4 is 0 Å². The van der Waals surface area contributed by atoms with E-state index in [1.165, 1.54) is 30.5 Å². The summed E-state index contributed by atoms with van der Waals surface area (Å²) in [5, 5.41) is 7.05. The van der Waals surface area contributed by atoms with Gasteiger partial charge in [-0.1, -0.05) is 24.6 Å². The Labute approximate surface area is 126 Å². The van der Waals surface area contributed by atoms with Gasteiger partial charge in [0.2, 0.25) is 0 Å². The molecular formula is C17H24N4. The number of nitrogens with one attached hydrogen (secondary N) is 1. The summed E-state index contributed by atoms with van der Waals surface area (Å²) in [6.45, 7) is 7.43. The Morgan fingerprint density at radius 3 is 2.48 bits per heavy atom. The number of para-hydroxylation sites is 1. The number of hydrogen-bond donors (Lipinski definition) is 1. The first-order chi connectivity index (χ1) is 10.3. The van der Waals surface area contributed by atoms with Gasteiger partial charge in [0, 0.05) is 30.9 Å². The third-order valence-corrected chi connectivity index (χ3v) is 4.28. The molecule has 4 nitrogen and oxygen atoms in total. The Bertz CT molecular complexity index is 582. The van der Waals surface area contributed by atoms with Crippen molar-refractivity contribution in [2.45, 2.75) is 39.7 Å². The largest absolute Gasteiger partial charge is 0.251 e. The average molecular weight is 284 g/mol. The van der Waals surface area contributed by atoms with E-state index in [1.54, 1.807) is 0 Å². The van der Waals surface area contributed by atoms with Crippen LogP contribution < -0.4 is 5.43 Å². The van der Waals surface area contributed by atoms with E-state index in [1.807, 2.05) is 10.7 Å². The number of aryl methyl sites for hydroxylation is 1. The normalized spacial score (nSPS) is 16.3. The van der Waals surface area contributed by atoms with Crippen LogP contribution in [-0.2, 0) is 6.54 Å². The standard InChI is InChI=1S/C17H24N4/c1-14-17(13-18-20-11-7-4-8-12-20)15(2)21(19-14)16-9-5-3-6-10-16/h3,5-6,9-10,18H,4,7-8,11-13H2,1-2H3. The Morgan fingerprint density at radius 2 is 1.76 bits per heavy atom. The molecule has 0 amide bonds. The van der Waals surface area contributed by atoms with Gasteiger partial charge in [0.1, 0.15) is 0 Å². The van der Waals surface area contributed by atoms with Crippen LogP contribution in [0.5, 0.6) is 0 Å². The van der Waals surface area contributed by atoms with Gasteiger partial charge in [-0.25, -0.2) is 9.69 Å². The molecule has 21 heavy (non-hydrogen) atoms. The van der Waals surface area contributed by atoms with E-state index in [-0.39, 0.29) is 0 Å². The van der Waals surface area contributed by atoms with E-state index < -0.39 is 0 Å². The molecule has 2 aromatic rings. The molecule has 0 aliphatic carbocycles. The topological polar surface area (TPSA) is 33.1 Å². The number of piperidine rings is 1. The summed E-state index contributed by atoms with van der Waals surface area (Å²) < 4.78 is 2.04. The van der Waals surface area contributed by atoms with E-state index in [0.717, 1.165) is 31.0 Å². The highest BCUT2D eigenvalue weighted by Crippen LogP contribution is 2.18. The van der Waals surface area contributed by atoms with Gasteiger partial charge in [0.15, 0.2) is 0 Å². The van der Waals surface area contributed by atoms with Crippen LogP contribution >= 0.6 is 0 Å². The lowest BCUT2D eigenvalue weighted by Gasteiger charge is -2.27. The van der Waals surface area contributed by atoms with Gasteiger partial charge in [-0.3, -0.25) is 5.43 Å². The molecule has 1 aromatic heterocycles. The molecule has 2 heterocycles. The maximum atomic E-state index is 4.70. The fourth-order valence-corrected chi connectivity index (χ4v) is 2.99. The van der Waals surface area contributed by atoms with Crippen molar-refractivity contribution in [3.05, 3.63) is 47.3 Å². The van der Waals surface area contributed by atoms with Crippen LogP contribution in [0.2, 0.25) is 0 Å². The molecule has 1 aliphatic rings. The number of nitrogens with zero attached hydrogens (tertiary/aromatic N) is 3. The summed E-state index contributed by atoms with van der Waals surface area (Å²) in [6.07, 6.45) is 3.96. The maximum absolute atomic E-state index is 4.70. The summed E-state index contributed by atoms with van der Waals surface area (Å²) in [6, 6.07) is 10.3. The third-order valence-electron chi connectivity index (χ3n) is 4.28. The number of aromatic nitrogens is 2. The first-order valence-corrected chi connectivity index (χ1v) is 7.84. The minimum absolute atomic E-state index is 0.866. The maximum Gasteiger partial charge on any atom is 0.0648 e. The highest BCUT2D eigenvalue weighted by molar-refractivity contribution is 5.36. The molecule has 1 aliphatic heterocycles. The molecule has 1 N–H and O–H groups in total. The number of hydrogen-bond acceptors (Lipinski definition) is 3. The first kappa shape index (κ1) is 14.3. The molecular weight excluding hydrogens is 260 g/mol. The molecule has 1 aromatic carbocycles. The highest BCUT2D eigenvalue weighted by atomic mass is 15.5. The smallest absolute Gasteiger partial charge is 0.0648 e. The lowest BCUT2D eigenvalue weighted by molar-refractivity contribution is 0.151. The predicted molar refractivity (Wildman–Crippen MR) is 85.3 cm³/mol. The monoisotopic (exact) mass is 284 g/mol. The Kier molecular flexibility index (Phi) is 4.36. The molecule has 0 radical (unpaired) electrons. The van der Waals surface area contributed by atoms with E-state index in [0.29, 0.717) is 0 Å². The summed E-state index contributed by atoms with van der Waals surface area (Å²) in [7, 11) is 0. The van der Waals surface area contributed by atoms with Crippen LogP contribution in [0.3, 0.4) is 0 Å². The van der Waals surface area contributed by atoms with Crippen molar-refractivity contribution in [1.82, 2.24) is 20.2 Å². The molecule has 4 heteroatoms. The van der Waals surface area contributed by atoms with Crippen LogP contribution in [0.15, 0.2) is 30.3 Å². The van der Waals surface area contributed by atoms with Gasteiger partial charge in [0.05, 0.1) is 11.4 Å². The second kappa shape index (κ2) is 6.41. The molecule has 0 saturated carbocycles. The third kappa shape index (κ3) is 3.17. The minimum atomic E-state index is 0.866. The Morgan fingerprint density at radius 1 is 1.05 bits per heavy atom. The SMILES string of the molecule is Cc1nn(-c2ccccc2)c(C)c1CNN1CCCCC1. The van der Waals surface area contributed by atoms with Crippen molar-refractivity contribution < 1.29 is 0 Å². The Hall–Kier alpha value is -1.65. The molecule has 0 spiro atoms. The van der Waals surface area contributed by atoms with Crippen LogP contribution in [0.25, 0.3) is 5.69 Å². The number of hydrazine groups is 1.